The average molecular weight is 430 g/mol. The van der Waals surface area contributed by atoms with Gasteiger partial charge in [0.15, 0.2) is 0 Å². The summed E-state index contributed by atoms with van der Waals surface area (Å²) in [6.45, 7) is 7.98. The van der Waals surface area contributed by atoms with Crippen molar-refractivity contribution in [3.63, 3.8) is 0 Å². The molecular weight excluding hydrogens is 406 g/mol. The highest BCUT2D eigenvalue weighted by molar-refractivity contribution is 5.81. The third-order valence-electron chi connectivity index (χ3n) is 3.53. The maximum absolute atomic E-state index is 12.7. The summed E-state index contributed by atoms with van der Waals surface area (Å²) in [6.07, 6.45) is -9.45. The number of rotatable bonds is 6. The van der Waals surface area contributed by atoms with Crippen LogP contribution in [0, 0.1) is 5.92 Å². The lowest BCUT2D eigenvalue weighted by atomic mass is 10.0. The summed E-state index contributed by atoms with van der Waals surface area (Å²) >= 11 is 0. The van der Waals surface area contributed by atoms with E-state index in [1.807, 2.05) is 13.8 Å². The second-order valence-electron chi connectivity index (χ2n) is 6.68. The van der Waals surface area contributed by atoms with Crippen LogP contribution in [0.3, 0.4) is 0 Å². The molecule has 1 amide bonds. The molecule has 0 aliphatic carbocycles. The summed E-state index contributed by atoms with van der Waals surface area (Å²) in [6, 6.07) is 4.29. The molecule has 0 heterocycles. The van der Waals surface area contributed by atoms with E-state index >= 15 is 0 Å². The van der Waals surface area contributed by atoms with E-state index in [0.29, 0.717) is 18.0 Å². The third kappa shape index (κ3) is 10.7. The van der Waals surface area contributed by atoms with Crippen molar-refractivity contribution in [3.05, 3.63) is 35.4 Å². The van der Waals surface area contributed by atoms with Crippen LogP contribution in [0.4, 0.5) is 26.3 Å². The van der Waals surface area contributed by atoms with Gasteiger partial charge in [0.25, 0.3) is 0 Å². The van der Waals surface area contributed by atoms with Crippen LogP contribution in [-0.2, 0) is 15.8 Å². The fourth-order valence-corrected chi connectivity index (χ4v) is 1.99. The Bertz CT molecular complexity index is 674. The molecule has 0 fully saturated rings. The lowest BCUT2D eigenvalue weighted by molar-refractivity contribution is -0.192. The smallest absolute Gasteiger partial charge is 0.475 e. The van der Waals surface area contributed by atoms with Crippen molar-refractivity contribution in [1.82, 2.24) is 10.6 Å². The number of hydrogen-bond acceptors (Lipinski definition) is 3. The topological polar surface area (TPSA) is 78.4 Å². The van der Waals surface area contributed by atoms with Crippen LogP contribution in [0.2, 0.25) is 0 Å². The normalized spacial score (nSPS) is 13.9. The Labute approximate surface area is 164 Å². The van der Waals surface area contributed by atoms with Crippen LogP contribution < -0.4 is 10.6 Å². The highest BCUT2D eigenvalue weighted by atomic mass is 19.4. The molecule has 2 unspecified atom stereocenters. The molecule has 0 bridgehead atoms. The number of carboxylic acids is 1. The molecule has 11 heteroatoms. The minimum absolute atomic E-state index is 0.160. The van der Waals surface area contributed by atoms with Crippen molar-refractivity contribution in [2.45, 2.75) is 52.1 Å². The second kappa shape index (κ2) is 11.0. The minimum atomic E-state index is -5.08. The number of hydrogen-bond donors (Lipinski definition) is 3. The van der Waals surface area contributed by atoms with Crippen LogP contribution in [-0.4, -0.2) is 35.7 Å². The maximum Gasteiger partial charge on any atom is 0.490 e. The summed E-state index contributed by atoms with van der Waals surface area (Å²) < 4.78 is 69.9. The highest BCUT2D eigenvalue weighted by Gasteiger charge is 2.38. The van der Waals surface area contributed by atoms with Gasteiger partial charge in [0.05, 0.1) is 11.6 Å². The van der Waals surface area contributed by atoms with Crippen LogP contribution in [0.15, 0.2) is 24.3 Å². The monoisotopic (exact) mass is 430 g/mol. The van der Waals surface area contributed by atoms with E-state index in [4.69, 9.17) is 9.90 Å². The summed E-state index contributed by atoms with van der Waals surface area (Å²) in [5.41, 5.74) is -0.186. The largest absolute Gasteiger partial charge is 0.490 e. The number of carbonyl (C=O) groups excluding carboxylic acids is 1. The summed E-state index contributed by atoms with van der Waals surface area (Å²) in [5, 5.41) is 12.9. The molecule has 0 saturated carbocycles. The van der Waals surface area contributed by atoms with Gasteiger partial charge in [0, 0.05) is 12.6 Å². The van der Waals surface area contributed by atoms with Gasteiger partial charge in [-0.15, -0.1) is 0 Å². The Morgan fingerprint density at radius 3 is 1.97 bits per heavy atom. The predicted molar refractivity (Wildman–Crippen MR) is 94.0 cm³/mol. The van der Waals surface area contributed by atoms with Crippen molar-refractivity contribution in [3.8, 4) is 0 Å². The first kappa shape index (κ1) is 26.7. The molecule has 0 aromatic heterocycles. The molecule has 0 radical (unpaired) electrons. The number of nitrogens with one attached hydrogen (secondary N) is 2. The number of alkyl halides is 6. The van der Waals surface area contributed by atoms with Gasteiger partial charge >= 0.3 is 18.3 Å². The van der Waals surface area contributed by atoms with E-state index in [9.17, 15) is 31.1 Å². The fourth-order valence-electron chi connectivity index (χ4n) is 1.99. The van der Waals surface area contributed by atoms with E-state index in [1.54, 1.807) is 19.9 Å². The molecule has 3 N–H and O–H groups in total. The predicted octanol–water partition coefficient (Wildman–Crippen LogP) is 4.15. The van der Waals surface area contributed by atoms with Crippen molar-refractivity contribution < 1.29 is 41.0 Å². The molecule has 29 heavy (non-hydrogen) atoms. The molecule has 0 aliphatic rings. The Morgan fingerprint density at radius 2 is 1.55 bits per heavy atom. The number of aliphatic carboxylic acids is 1. The van der Waals surface area contributed by atoms with Crippen molar-refractivity contribution in [2.75, 3.05) is 6.54 Å². The molecule has 1 aromatic carbocycles. The van der Waals surface area contributed by atoms with Gasteiger partial charge in [-0.2, -0.15) is 26.3 Å². The molecule has 0 spiro atoms. The Hall–Kier alpha value is -2.30. The van der Waals surface area contributed by atoms with Gasteiger partial charge in [0.1, 0.15) is 0 Å². The van der Waals surface area contributed by atoms with Crippen molar-refractivity contribution in [2.24, 2.45) is 5.92 Å². The number of carbonyl (C=O) groups is 2. The quantitative estimate of drug-likeness (QED) is 0.593. The lowest BCUT2D eigenvalue weighted by Crippen LogP contribution is -2.44. The van der Waals surface area contributed by atoms with E-state index in [-0.39, 0.29) is 11.9 Å². The van der Waals surface area contributed by atoms with E-state index in [2.05, 4.69) is 10.6 Å². The zero-order chi connectivity index (χ0) is 23.0. The average Bonchev–Trinajstić information content (AvgIpc) is 2.58. The molecule has 0 saturated heterocycles. The Morgan fingerprint density at radius 1 is 1.03 bits per heavy atom. The molecule has 2 atom stereocenters. The van der Waals surface area contributed by atoms with Crippen molar-refractivity contribution in [1.29, 1.82) is 0 Å². The molecule has 1 aromatic rings. The van der Waals surface area contributed by atoms with Gasteiger partial charge < -0.3 is 10.4 Å². The first-order valence-corrected chi connectivity index (χ1v) is 8.56. The maximum atomic E-state index is 12.7. The number of benzene rings is 1. The van der Waals surface area contributed by atoms with Crippen LogP contribution in [0.25, 0.3) is 0 Å². The zero-order valence-corrected chi connectivity index (χ0v) is 16.3. The van der Waals surface area contributed by atoms with Crippen molar-refractivity contribution >= 4 is 11.9 Å². The third-order valence-corrected chi connectivity index (χ3v) is 3.53. The SMILES string of the molecule is CC(C)CNC(=O)C(C)NC(C)c1cccc(C(F)(F)F)c1.O=C(O)C(F)(F)F. The van der Waals surface area contributed by atoms with Gasteiger partial charge in [-0.3, -0.25) is 10.1 Å². The van der Waals surface area contributed by atoms with Crippen LogP contribution in [0.1, 0.15) is 44.9 Å². The summed E-state index contributed by atoms with van der Waals surface area (Å²) in [5.74, 6) is -2.57. The highest BCUT2D eigenvalue weighted by Crippen LogP contribution is 2.30. The molecule has 0 aliphatic heterocycles. The van der Waals surface area contributed by atoms with Crippen LogP contribution in [0.5, 0.6) is 0 Å². The van der Waals surface area contributed by atoms with E-state index in [0.717, 1.165) is 12.1 Å². The van der Waals surface area contributed by atoms with Gasteiger partial charge in [-0.25, -0.2) is 4.79 Å². The number of carboxylic acid groups (broad SMARTS) is 1. The zero-order valence-electron chi connectivity index (χ0n) is 16.3. The standard InChI is InChI=1S/C16H23F3N2O.C2HF3O2/c1-10(2)9-20-15(22)12(4)21-11(3)13-6-5-7-14(8-13)16(17,18)19;3-2(4,5)1(6)7/h5-8,10-12,21H,9H2,1-4H3,(H,20,22);(H,6,7). The lowest BCUT2D eigenvalue weighted by Gasteiger charge is -2.21. The minimum Gasteiger partial charge on any atom is -0.475 e. The first-order chi connectivity index (χ1) is 13.1. The van der Waals surface area contributed by atoms with Gasteiger partial charge in [-0.05, 0) is 37.5 Å². The summed E-state index contributed by atoms with van der Waals surface area (Å²) in [4.78, 5) is 20.8. The second-order valence-corrected chi connectivity index (χ2v) is 6.68. The molecular formula is C18H24F6N2O3. The molecule has 5 nitrogen and oxygen atoms in total. The first-order valence-electron chi connectivity index (χ1n) is 8.56. The van der Waals surface area contributed by atoms with E-state index in [1.165, 1.54) is 6.07 Å². The Balaban J connectivity index is 0.000000956. The Kier molecular flexibility index (Phi) is 10.2. The molecule has 1 rings (SSSR count). The fraction of sp³-hybridized carbons (Fsp3) is 0.556. The number of halogens is 6. The van der Waals surface area contributed by atoms with Gasteiger partial charge in [0.2, 0.25) is 5.91 Å². The van der Waals surface area contributed by atoms with Crippen LogP contribution >= 0.6 is 0 Å². The summed E-state index contributed by atoms with van der Waals surface area (Å²) in [7, 11) is 0. The van der Waals surface area contributed by atoms with Gasteiger partial charge in [-0.1, -0.05) is 26.0 Å². The number of amides is 1. The van der Waals surface area contributed by atoms with E-state index < -0.39 is 29.9 Å². The molecule has 166 valence electrons.